The number of aliphatic hydroxyl groups is 1. The number of hydrogen-bond donors (Lipinski definition) is 1. The number of nitrogens with zero attached hydrogens (tertiary/aromatic N) is 2. The van der Waals surface area contributed by atoms with Crippen molar-refractivity contribution in [2.45, 2.75) is 25.0 Å². The predicted molar refractivity (Wildman–Crippen MR) is 85.0 cm³/mol. The van der Waals surface area contributed by atoms with Crippen LogP contribution in [0.4, 0.5) is 0 Å². The predicted octanol–water partition coefficient (Wildman–Crippen LogP) is 3.07. The molecule has 0 aliphatic carbocycles. The Kier molecular flexibility index (Phi) is 2.94. The Bertz CT molecular complexity index is 840. The van der Waals surface area contributed by atoms with Crippen molar-refractivity contribution in [3.05, 3.63) is 60.2 Å². The molecule has 1 aliphatic heterocycles. The minimum absolute atomic E-state index is 0.723. The average molecular weight is 294 g/mol. The number of hydrogen-bond acceptors (Lipinski definition) is 3. The van der Waals surface area contributed by atoms with Crippen molar-refractivity contribution in [2.75, 3.05) is 7.11 Å². The highest BCUT2D eigenvalue weighted by molar-refractivity contribution is 5.84. The first-order valence-electron chi connectivity index (χ1n) is 7.52. The molecule has 3 aromatic rings. The molecule has 4 nitrogen and oxygen atoms in total. The van der Waals surface area contributed by atoms with Gasteiger partial charge in [0.1, 0.15) is 11.4 Å². The van der Waals surface area contributed by atoms with Crippen molar-refractivity contribution in [3.63, 3.8) is 0 Å². The molecule has 1 unspecified atom stereocenters. The number of methoxy groups -OCH3 is 1. The van der Waals surface area contributed by atoms with Gasteiger partial charge in [-0.15, -0.1) is 0 Å². The molecule has 0 bridgehead atoms. The summed E-state index contributed by atoms with van der Waals surface area (Å²) in [5.41, 5.74) is 0.848. The second-order valence-corrected chi connectivity index (χ2v) is 5.86. The zero-order chi connectivity index (χ0) is 15.2. The van der Waals surface area contributed by atoms with Crippen molar-refractivity contribution in [1.82, 2.24) is 9.55 Å². The fraction of sp³-hybridized carbons (Fsp3) is 0.278. The van der Waals surface area contributed by atoms with Crippen LogP contribution in [0.2, 0.25) is 0 Å². The van der Waals surface area contributed by atoms with Gasteiger partial charge in [-0.25, -0.2) is 4.98 Å². The van der Waals surface area contributed by atoms with E-state index >= 15 is 0 Å². The number of rotatable bonds is 2. The van der Waals surface area contributed by atoms with Gasteiger partial charge in [-0.05, 0) is 47.4 Å². The molecule has 4 heteroatoms. The molecule has 2 heterocycles. The Morgan fingerprint density at radius 3 is 2.86 bits per heavy atom. The van der Waals surface area contributed by atoms with E-state index in [1.165, 1.54) is 0 Å². The number of imidazole rings is 1. The van der Waals surface area contributed by atoms with Crippen LogP contribution in [0.15, 0.2) is 48.9 Å². The van der Waals surface area contributed by atoms with Crippen molar-refractivity contribution in [2.24, 2.45) is 0 Å². The number of ether oxygens (including phenoxy) is 1. The first-order valence-corrected chi connectivity index (χ1v) is 7.52. The molecule has 0 spiro atoms. The zero-order valence-electron chi connectivity index (χ0n) is 12.5. The monoisotopic (exact) mass is 294 g/mol. The highest BCUT2D eigenvalue weighted by atomic mass is 16.5. The maximum atomic E-state index is 11.3. The Labute approximate surface area is 129 Å². The minimum Gasteiger partial charge on any atom is -0.497 e. The van der Waals surface area contributed by atoms with Gasteiger partial charge in [-0.2, -0.15) is 0 Å². The van der Waals surface area contributed by atoms with Gasteiger partial charge in [-0.3, -0.25) is 0 Å². The van der Waals surface area contributed by atoms with Crippen molar-refractivity contribution < 1.29 is 9.84 Å². The molecule has 2 aromatic carbocycles. The molecule has 0 radical (unpaired) electrons. The number of benzene rings is 2. The van der Waals surface area contributed by atoms with E-state index in [2.05, 4.69) is 11.1 Å². The fourth-order valence-electron chi connectivity index (χ4n) is 3.38. The van der Waals surface area contributed by atoms with Gasteiger partial charge in [0.2, 0.25) is 0 Å². The van der Waals surface area contributed by atoms with Crippen LogP contribution in [0.1, 0.15) is 24.1 Å². The molecule has 1 N–H and O–H groups in total. The molecule has 0 amide bonds. The van der Waals surface area contributed by atoms with Gasteiger partial charge in [0.25, 0.3) is 0 Å². The van der Waals surface area contributed by atoms with Crippen LogP contribution in [-0.2, 0) is 12.1 Å². The first-order chi connectivity index (χ1) is 10.7. The summed E-state index contributed by atoms with van der Waals surface area (Å²) in [6, 6.07) is 12.1. The third kappa shape index (κ3) is 1.91. The van der Waals surface area contributed by atoms with Gasteiger partial charge >= 0.3 is 0 Å². The van der Waals surface area contributed by atoms with E-state index in [9.17, 15) is 5.11 Å². The molecule has 0 saturated carbocycles. The van der Waals surface area contributed by atoms with Crippen LogP contribution in [0, 0.1) is 0 Å². The summed E-state index contributed by atoms with van der Waals surface area (Å²) in [6.45, 7) is 0.919. The molecule has 1 atom stereocenters. The van der Waals surface area contributed by atoms with E-state index in [0.717, 1.165) is 47.2 Å². The highest BCUT2D eigenvalue weighted by Crippen LogP contribution is 2.38. The summed E-state index contributed by atoms with van der Waals surface area (Å²) >= 11 is 0. The normalized spacial score (nSPS) is 20.8. The third-order valence-corrected chi connectivity index (χ3v) is 4.60. The first kappa shape index (κ1) is 13.3. The lowest BCUT2D eigenvalue weighted by atomic mass is 9.83. The third-order valence-electron chi connectivity index (χ3n) is 4.60. The molecule has 4 rings (SSSR count). The molecular formula is C18H18N2O2. The Balaban J connectivity index is 1.85. The second-order valence-electron chi connectivity index (χ2n) is 5.86. The minimum atomic E-state index is -0.955. The van der Waals surface area contributed by atoms with Gasteiger partial charge in [-0.1, -0.05) is 18.2 Å². The number of aryl methyl sites for hydroxylation is 1. The van der Waals surface area contributed by atoms with Gasteiger partial charge < -0.3 is 14.4 Å². The van der Waals surface area contributed by atoms with E-state index < -0.39 is 5.60 Å². The van der Waals surface area contributed by atoms with Crippen LogP contribution in [0.3, 0.4) is 0 Å². The van der Waals surface area contributed by atoms with Crippen molar-refractivity contribution in [3.8, 4) is 5.75 Å². The molecule has 22 heavy (non-hydrogen) atoms. The molecule has 112 valence electrons. The van der Waals surface area contributed by atoms with Crippen LogP contribution < -0.4 is 4.74 Å². The van der Waals surface area contributed by atoms with Crippen LogP contribution in [0.25, 0.3) is 10.8 Å². The lowest BCUT2D eigenvalue weighted by Gasteiger charge is -2.33. The van der Waals surface area contributed by atoms with Gasteiger partial charge in [0, 0.05) is 6.54 Å². The fourth-order valence-corrected chi connectivity index (χ4v) is 3.38. The van der Waals surface area contributed by atoms with Gasteiger partial charge in [0.15, 0.2) is 0 Å². The van der Waals surface area contributed by atoms with E-state index in [1.54, 1.807) is 19.6 Å². The largest absolute Gasteiger partial charge is 0.497 e. The lowest BCUT2D eigenvalue weighted by molar-refractivity contribution is 0.0470. The quantitative estimate of drug-likeness (QED) is 0.790. The summed E-state index contributed by atoms with van der Waals surface area (Å²) in [5, 5.41) is 13.5. The summed E-state index contributed by atoms with van der Waals surface area (Å²) in [7, 11) is 1.67. The summed E-state index contributed by atoms with van der Waals surface area (Å²) in [6.07, 6.45) is 5.24. The van der Waals surface area contributed by atoms with Crippen molar-refractivity contribution >= 4 is 10.8 Å². The van der Waals surface area contributed by atoms with E-state index in [0.29, 0.717) is 0 Å². The Morgan fingerprint density at radius 2 is 2.00 bits per heavy atom. The summed E-state index contributed by atoms with van der Waals surface area (Å²) < 4.78 is 7.31. The molecule has 0 fully saturated rings. The summed E-state index contributed by atoms with van der Waals surface area (Å²) in [5.74, 6) is 0.842. The number of aromatic nitrogens is 2. The molecular weight excluding hydrogens is 276 g/mol. The summed E-state index contributed by atoms with van der Waals surface area (Å²) in [4.78, 5) is 4.20. The standard InChI is InChI=1S/C18H18N2O2/c1-22-16-6-4-13-9-15(5-3-14(13)10-16)18(21)7-2-8-20-12-19-11-17(18)20/h3-6,9-12,21H,2,7-8H2,1H3. The van der Waals surface area contributed by atoms with E-state index in [1.807, 2.05) is 34.9 Å². The smallest absolute Gasteiger partial charge is 0.131 e. The number of fused-ring (bicyclic) bond motifs is 2. The van der Waals surface area contributed by atoms with Crippen LogP contribution in [0.5, 0.6) is 5.75 Å². The van der Waals surface area contributed by atoms with E-state index in [-0.39, 0.29) is 0 Å². The molecule has 1 aliphatic rings. The Morgan fingerprint density at radius 1 is 1.18 bits per heavy atom. The zero-order valence-corrected chi connectivity index (χ0v) is 12.5. The maximum absolute atomic E-state index is 11.3. The van der Waals surface area contributed by atoms with Crippen LogP contribution in [-0.4, -0.2) is 21.8 Å². The Hall–Kier alpha value is -2.33. The molecule has 0 saturated heterocycles. The average Bonchev–Trinajstić information content (AvgIpc) is 3.04. The second kappa shape index (κ2) is 4.85. The topological polar surface area (TPSA) is 47.3 Å². The lowest BCUT2D eigenvalue weighted by Crippen LogP contribution is -2.34. The van der Waals surface area contributed by atoms with Crippen molar-refractivity contribution in [1.29, 1.82) is 0 Å². The van der Waals surface area contributed by atoms with Gasteiger partial charge in [0.05, 0.1) is 25.3 Å². The highest BCUT2D eigenvalue weighted by Gasteiger charge is 2.37. The van der Waals surface area contributed by atoms with Crippen LogP contribution >= 0.6 is 0 Å². The molecule has 1 aromatic heterocycles. The maximum Gasteiger partial charge on any atom is 0.131 e. The SMILES string of the molecule is COc1ccc2cc(C3(O)CCCn4cncc43)ccc2c1. The van der Waals surface area contributed by atoms with E-state index in [4.69, 9.17) is 4.74 Å².